The molecule has 5 nitrogen and oxygen atoms in total. The van der Waals surface area contributed by atoms with Crippen molar-refractivity contribution < 1.29 is 4.92 Å². The molecule has 5 heteroatoms. The standard InChI is InChI=1S/C14H15N3O2/c1-16(12-7-3-2-4-8-12)10-11-6-5-9-13(14(11)15)17(18)19/h2-9H,10,15H2,1H3. The van der Waals surface area contributed by atoms with E-state index in [1.165, 1.54) is 6.07 Å². The highest BCUT2D eigenvalue weighted by atomic mass is 16.6. The lowest BCUT2D eigenvalue weighted by molar-refractivity contribution is -0.383. The smallest absolute Gasteiger partial charge is 0.292 e. The second-order valence-corrected chi connectivity index (χ2v) is 4.30. The van der Waals surface area contributed by atoms with Crippen LogP contribution in [-0.2, 0) is 6.54 Å². The Labute approximate surface area is 111 Å². The van der Waals surface area contributed by atoms with Gasteiger partial charge in [-0.1, -0.05) is 30.3 Å². The molecule has 0 saturated heterocycles. The van der Waals surface area contributed by atoms with Crippen molar-refractivity contribution in [2.45, 2.75) is 6.54 Å². The lowest BCUT2D eigenvalue weighted by Crippen LogP contribution is -2.17. The van der Waals surface area contributed by atoms with E-state index in [1.54, 1.807) is 6.07 Å². The zero-order valence-electron chi connectivity index (χ0n) is 10.6. The first-order valence-electron chi connectivity index (χ1n) is 5.87. The Morgan fingerprint density at radius 2 is 1.84 bits per heavy atom. The quantitative estimate of drug-likeness (QED) is 0.519. The molecule has 2 rings (SSSR count). The third kappa shape index (κ3) is 2.82. The molecule has 2 aromatic rings. The molecule has 98 valence electrons. The maximum Gasteiger partial charge on any atom is 0.292 e. The topological polar surface area (TPSA) is 72.4 Å². The monoisotopic (exact) mass is 257 g/mol. The minimum Gasteiger partial charge on any atom is -0.393 e. The van der Waals surface area contributed by atoms with Crippen LogP contribution >= 0.6 is 0 Å². The van der Waals surface area contributed by atoms with E-state index >= 15 is 0 Å². The van der Waals surface area contributed by atoms with E-state index in [9.17, 15) is 10.1 Å². The normalized spacial score (nSPS) is 10.2. The molecule has 0 bridgehead atoms. The Morgan fingerprint density at radius 3 is 2.47 bits per heavy atom. The average molecular weight is 257 g/mol. The minimum absolute atomic E-state index is 0.0426. The molecule has 0 radical (unpaired) electrons. The van der Waals surface area contributed by atoms with Crippen molar-refractivity contribution in [3.63, 3.8) is 0 Å². The maximum atomic E-state index is 10.8. The van der Waals surface area contributed by atoms with Crippen molar-refractivity contribution in [1.29, 1.82) is 0 Å². The number of nitrogens with zero attached hydrogens (tertiary/aromatic N) is 2. The summed E-state index contributed by atoms with van der Waals surface area (Å²) in [6, 6.07) is 14.7. The van der Waals surface area contributed by atoms with E-state index < -0.39 is 4.92 Å². The van der Waals surface area contributed by atoms with E-state index in [0.717, 1.165) is 11.3 Å². The Balaban J connectivity index is 2.25. The van der Waals surface area contributed by atoms with Gasteiger partial charge in [0, 0.05) is 30.9 Å². The largest absolute Gasteiger partial charge is 0.393 e. The van der Waals surface area contributed by atoms with E-state index in [-0.39, 0.29) is 11.4 Å². The summed E-state index contributed by atoms with van der Waals surface area (Å²) in [5, 5.41) is 10.8. The molecular formula is C14H15N3O2. The van der Waals surface area contributed by atoms with Gasteiger partial charge in [0.25, 0.3) is 5.69 Å². The van der Waals surface area contributed by atoms with Crippen LogP contribution in [0.5, 0.6) is 0 Å². The predicted octanol–water partition coefficient (Wildman–Crippen LogP) is 2.81. The molecule has 0 aliphatic heterocycles. The zero-order valence-corrected chi connectivity index (χ0v) is 10.6. The van der Waals surface area contributed by atoms with Crippen LogP contribution in [0.3, 0.4) is 0 Å². The summed E-state index contributed by atoms with van der Waals surface area (Å²) in [5.41, 5.74) is 7.82. The molecule has 0 heterocycles. The van der Waals surface area contributed by atoms with Crippen molar-refractivity contribution >= 4 is 17.1 Å². The van der Waals surface area contributed by atoms with Crippen molar-refractivity contribution in [2.24, 2.45) is 0 Å². The summed E-state index contributed by atoms with van der Waals surface area (Å²) >= 11 is 0. The third-order valence-corrected chi connectivity index (χ3v) is 2.97. The van der Waals surface area contributed by atoms with Gasteiger partial charge < -0.3 is 10.6 Å². The number of nitro groups is 1. The summed E-state index contributed by atoms with van der Waals surface area (Å²) in [4.78, 5) is 12.4. The van der Waals surface area contributed by atoms with Gasteiger partial charge in [0.2, 0.25) is 0 Å². The van der Waals surface area contributed by atoms with Gasteiger partial charge >= 0.3 is 0 Å². The van der Waals surface area contributed by atoms with E-state index in [1.807, 2.05) is 48.3 Å². The van der Waals surface area contributed by atoms with Crippen LogP contribution in [0.2, 0.25) is 0 Å². The second-order valence-electron chi connectivity index (χ2n) is 4.30. The van der Waals surface area contributed by atoms with Crippen LogP contribution in [-0.4, -0.2) is 12.0 Å². The number of nitro benzene ring substituents is 1. The van der Waals surface area contributed by atoms with Crippen LogP contribution in [0.15, 0.2) is 48.5 Å². The molecule has 0 aromatic heterocycles. The molecule has 0 aliphatic carbocycles. The van der Waals surface area contributed by atoms with Crippen LogP contribution in [0, 0.1) is 10.1 Å². The molecule has 0 fully saturated rings. The van der Waals surface area contributed by atoms with Gasteiger partial charge in [-0.2, -0.15) is 0 Å². The fourth-order valence-electron chi connectivity index (χ4n) is 1.93. The van der Waals surface area contributed by atoms with Crippen LogP contribution in [0.25, 0.3) is 0 Å². The van der Waals surface area contributed by atoms with Gasteiger partial charge in [0.15, 0.2) is 0 Å². The summed E-state index contributed by atoms with van der Waals surface area (Å²) < 4.78 is 0. The number of para-hydroxylation sites is 2. The van der Waals surface area contributed by atoms with Gasteiger partial charge in [-0.3, -0.25) is 10.1 Å². The van der Waals surface area contributed by atoms with E-state index in [4.69, 9.17) is 5.73 Å². The van der Waals surface area contributed by atoms with Gasteiger partial charge in [0.05, 0.1) is 4.92 Å². The molecule has 0 spiro atoms. The highest BCUT2D eigenvalue weighted by Crippen LogP contribution is 2.26. The number of nitrogens with two attached hydrogens (primary N) is 1. The molecular weight excluding hydrogens is 242 g/mol. The summed E-state index contributed by atoms with van der Waals surface area (Å²) in [5.74, 6) is 0. The number of hydrogen-bond donors (Lipinski definition) is 1. The number of rotatable bonds is 4. The first-order valence-corrected chi connectivity index (χ1v) is 5.87. The van der Waals surface area contributed by atoms with Crippen molar-refractivity contribution in [3.05, 3.63) is 64.2 Å². The van der Waals surface area contributed by atoms with E-state index in [0.29, 0.717) is 6.54 Å². The number of hydrogen-bond acceptors (Lipinski definition) is 4. The van der Waals surface area contributed by atoms with Crippen LogP contribution in [0.4, 0.5) is 17.1 Å². The van der Waals surface area contributed by atoms with Crippen LogP contribution < -0.4 is 10.6 Å². The first-order chi connectivity index (χ1) is 9.09. The molecule has 0 saturated carbocycles. The first kappa shape index (κ1) is 12.9. The maximum absolute atomic E-state index is 10.8. The number of benzene rings is 2. The van der Waals surface area contributed by atoms with Gasteiger partial charge in [0.1, 0.15) is 5.69 Å². The molecule has 2 N–H and O–H groups in total. The lowest BCUT2D eigenvalue weighted by atomic mass is 10.1. The zero-order chi connectivity index (χ0) is 13.8. The second kappa shape index (κ2) is 5.39. The molecule has 0 unspecified atom stereocenters. The average Bonchev–Trinajstić information content (AvgIpc) is 2.41. The molecule has 19 heavy (non-hydrogen) atoms. The highest BCUT2D eigenvalue weighted by molar-refractivity contribution is 5.64. The SMILES string of the molecule is CN(Cc1cccc([N+](=O)[O-])c1N)c1ccccc1. The molecule has 0 atom stereocenters. The predicted molar refractivity (Wildman–Crippen MR) is 76.1 cm³/mol. The summed E-state index contributed by atoms with van der Waals surface area (Å²) in [7, 11) is 1.92. The van der Waals surface area contributed by atoms with Crippen molar-refractivity contribution in [1.82, 2.24) is 0 Å². The fourth-order valence-corrected chi connectivity index (χ4v) is 1.93. The fraction of sp³-hybridized carbons (Fsp3) is 0.143. The van der Waals surface area contributed by atoms with Gasteiger partial charge in [-0.15, -0.1) is 0 Å². The van der Waals surface area contributed by atoms with Crippen molar-refractivity contribution in [2.75, 3.05) is 17.7 Å². The molecule has 0 amide bonds. The van der Waals surface area contributed by atoms with Crippen molar-refractivity contribution in [3.8, 4) is 0 Å². The summed E-state index contributed by atoms with van der Waals surface area (Å²) in [6.07, 6.45) is 0. The Kier molecular flexibility index (Phi) is 3.66. The molecule has 0 aliphatic rings. The molecule has 2 aromatic carbocycles. The Morgan fingerprint density at radius 1 is 1.16 bits per heavy atom. The Hall–Kier alpha value is -2.56. The number of nitrogen functional groups attached to an aromatic ring is 1. The Bertz CT molecular complexity index is 584. The van der Waals surface area contributed by atoms with Gasteiger partial charge in [-0.05, 0) is 12.1 Å². The third-order valence-electron chi connectivity index (χ3n) is 2.97. The van der Waals surface area contributed by atoms with Gasteiger partial charge in [-0.25, -0.2) is 0 Å². The minimum atomic E-state index is -0.457. The van der Waals surface area contributed by atoms with Crippen LogP contribution in [0.1, 0.15) is 5.56 Å². The number of anilines is 2. The summed E-state index contributed by atoms with van der Waals surface area (Å²) in [6.45, 7) is 0.525. The highest BCUT2D eigenvalue weighted by Gasteiger charge is 2.15. The van der Waals surface area contributed by atoms with E-state index in [2.05, 4.69) is 0 Å². The lowest BCUT2D eigenvalue weighted by Gasteiger charge is -2.20.